The van der Waals surface area contributed by atoms with Gasteiger partial charge in [-0.25, -0.2) is 0 Å². The summed E-state index contributed by atoms with van der Waals surface area (Å²) in [5, 5.41) is 3.69. The first-order chi connectivity index (χ1) is 7.63. The van der Waals surface area contributed by atoms with Gasteiger partial charge < -0.3 is 10.2 Å². The molecule has 16 heavy (non-hydrogen) atoms. The van der Waals surface area contributed by atoms with Gasteiger partial charge in [0.15, 0.2) is 0 Å². The first-order valence-electron chi connectivity index (χ1n) is 6.66. The molecule has 1 heterocycles. The first-order valence-corrected chi connectivity index (χ1v) is 6.66. The van der Waals surface area contributed by atoms with Crippen LogP contribution in [0, 0.1) is 11.8 Å². The molecule has 1 fully saturated rings. The molecule has 2 unspecified atom stereocenters. The lowest BCUT2D eigenvalue weighted by molar-refractivity contribution is 0.209. The van der Waals surface area contributed by atoms with Gasteiger partial charge >= 0.3 is 0 Å². The fourth-order valence-corrected chi connectivity index (χ4v) is 2.29. The Morgan fingerprint density at radius 2 is 2.00 bits per heavy atom. The van der Waals surface area contributed by atoms with Crippen LogP contribution in [0.25, 0.3) is 0 Å². The third-order valence-electron chi connectivity index (χ3n) is 3.96. The number of hydrogen-bond acceptors (Lipinski definition) is 2. The van der Waals surface area contributed by atoms with Gasteiger partial charge in [0.25, 0.3) is 0 Å². The molecule has 1 aliphatic heterocycles. The number of piperidine rings is 1. The molecule has 0 radical (unpaired) electrons. The molecule has 94 valence electrons. The Hall–Kier alpha value is -0.340. The molecule has 0 aromatic carbocycles. The monoisotopic (exact) mass is 224 g/mol. The molecule has 0 aromatic heterocycles. The van der Waals surface area contributed by atoms with Crippen molar-refractivity contribution in [2.24, 2.45) is 11.8 Å². The Labute approximate surface area is 101 Å². The summed E-state index contributed by atoms with van der Waals surface area (Å²) in [6, 6.07) is 0.609. The highest BCUT2D eigenvalue weighted by atomic mass is 15.1. The maximum Gasteiger partial charge on any atom is 0.00674 e. The van der Waals surface area contributed by atoms with Gasteiger partial charge in [-0.15, -0.1) is 6.58 Å². The number of nitrogens with one attached hydrogen (secondary N) is 1. The first kappa shape index (κ1) is 13.7. The molecule has 0 saturated carbocycles. The molecule has 1 aliphatic rings. The standard InChI is InChI=1S/C14H28N2/c1-5-6-12(2)13(3)15-11-14-7-9-16(4)10-8-14/h5,12-15H,1,6-11H2,2-4H3. The van der Waals surface area contributed by atoms with Crippen LogP contribution in [0.15, 0.2) is 12.7 Å². The minimum Gasteiger partial charge on any atom is -0.314 e. The summed E-state index contributed by atoms with van der Waals surface area (Å²) in [4.78, 5) is 2.43. The van der Waals surface area contributed by atoms with Crippen LogP contribution in [-0.4, -0.2) is 37.6 Å². The topological polar surface area (TPSA) is 15.3 Å². The fraction of sp³-hybridized carbons (Fsp3) is 0.857. The Balaban J connectivity index is 2.16. The predicted octanol–water partition coefficient (Wildman–Crippen LogP) is 2.52. The van der Waals surface area contributed by atoms with E-state index in [0.29, 0.717) is 12.0 Å². The van der Waals surface area contributed by atoms with Gasteiger partial charge in [0.2, 0.25) is 0 Å². The third kappa shape index (κ3) is 4.67. The van der Waals surface area contributed by atoms with Crippen molar-refractivity contribution in [3.8, 4) is 0 Å². The van der Waals surface area contributed by atoms with Gasteiger partial charge in [-0.05, 0) is 64.7 Å². The van der Waals surface area contributed by atoms with Gasteiger partial charge in [-0.3, -0.25) is 0 Å². The predicted molar refractivity (Wildman–Crippen MR) is 71.7 cm³/mol. The van der Waals surface area contributed by atoms with Gasteiger partial charge in [0.05, 0.1) is 0 Å². The lowest BCUT2D eigenvalue weighted by Gasteiger charge is -2.30. The van der Waals surface area contributed by atoms with E-state index in [1.807, 2.05) is 6.08 Å². The molecule has 1 saturated heterocycles. The van der Waals surface area contributed by atoms with Crippen molar-refractivity contribution in [3.63, 3.8) is 0 Å². The van der Waals surface area contributed by atoms with Crippen molar-refractivity contribution in [2.45, 2.75) is 39.2 Å². The molecule has 2 nitrogen and oxygen atoms in total. The summed E-state index contributed by atoms with van der Waals surface area (Å²) in [7, 11) is 2.22. The summed E-state index contributed by atoms with van der Waals surface area (Å²) in [5.74, 6) is 1.58. The summed E-state index contributed by atoms with van der Waals surface area (Å²) < 4.78 is 0. The largest absolute Gasteiger partial charge is 0.314 e. The quantitative estimate of drug-likeness (QED) is 0.697. The minimum absolute atomic E-state index is 0.609. The molecule has 1 rings (SSSR count). The Bertz CT molecular complexity index is 195. The molecule has 0 aromatic rings. The molecule has 0 amide bonds. The van der Waals surface area contributed by atoms with Crippen LogP contribution < -0.4 is 5.32 Å². The smallest absolute Gasteiger partial charge is 0.00674 e. The maximum absolute atomic E-state index is 3.81. The lowest BCUT2D eigenvalue weighted by atomic mass is 9.95. The van der Waals surface area contributed by atoms with Gasteiger partial charge in [0, 0.05) is 6.04 Å². The molecule has 2 heteroatoms. The second-order valence-electron chi connectivity index (χ2n) is 5.45. The average molecular weight is 224 g/mol. The normalized spacial score (nSPS) is 22.9. The van der Waals surface area contributed by atoms with Crippen LogP contribution in [0.2, 0.25) is 0 Å². The summed E-state index contributed by atoms with van der Waals surface area (Å²) >= 11 is 0. The van der Waals surface area contributed by atoms with Crippen LogP contribution in [0.1, 0.15) is 33.1 Å². The Morgan fingerprint density at radius 3 is 2.56 bits per heavy atom. The highest BCUT2D eigenvalue weighted by Gasteiger charge is 2.18. The zero-order valence-corrected chi connectivity index (χ0v) is 11.2. The van der Waals surface area contributed by atoms with Crippen molar-refractivity contribution >= 4 is 0 Å². The van der Waals surface area contributed by atoms with E-state index >= 15 is 0 Å². The van der Waals surface area contributed by atoms with E-state index in [1.54, 1.807) is 0 Å². The van der Waals surface area contributed by atoms with Crippen LogP contribution in [0.3, 0.4) is 0 Å². The average Bonchev–Trinajstić information content (AvgIpc) is 2.28. The molecule has 0 bridgehead atoms. The van der Waals surface area contributed by atoms with Gasteiger partial charge in [-0.2, -0.15) is 0 Å². The van der Waals surface area contributed by atoms with Crippen LogP contribution >= 0.6 is 0 Å². The third-order valence-corrected chi connectivity index (χ3v) is 3.96. The number of hydrogen-bond donors (Lipinski definition) is 1. The van der Waals surface area contributed by atoms with E-state index in [1.165, 1.54) is 32.5 Å². The second-order valence-corrected chi connectivity index (χ2v) is 5.45. The Kier molecular flexibility index (Phi) is 6.07. The number of nitrogens with zero attached hydrogens (tertiary/aromatic N) is 1. The van der Waals surface area contributed by atoms with E-state index in [-0.39, 0.29) is 0 Å². The number of rotatable bonds is 6. The van der Waals surface area contributed by atoms with Crippen molar-refractivity contribution < 1.29 is 0 Å². The number of likely N-dealkylation sites (tertiary alicyclic amines) is 1. The van der Waals surface area contributed by atoms with E-state index in [2.05, 4.69) is 37.7 Å². The molecular formula is C14H28N2. The highest BCUT2D eigenvalue weighted by molar-refractivity contribution is 4.79. The van der Waals surface area contributed by atoms with Gasteiger partial charge in [-0.1, -0.05) is 13.0 Å². The fourth-order valence-electron chi connectivity index (χ4n) is 2.29. The van der Waals surface area contributed by atoms with E-state index < -0.39 is 0 Å². The number of allylic oxidation sites excluding steroid dienone is 1. The zero-order chi connectivity index (χ0) is 12.0. The minimum atomic E-state index is 0.609. The molecule has 0 aliphatic carbocycles. The van der Waals surface area contributed by atoms with Gasteiger partial charge in [0.1, 0.15) is 0 Å². The SMILES string of the molecule is C=CCC(C)C(C)NCC1CCN(C)CC1. The van der Waals surface area contributed by atoms with Crippen molar-refractivity contribution in [2.75, 3.05) is 26.7 Å². The maximum atomic E-state index is 3.81. The zero-order valence-electron chi connectivity index (χ0n) is 11.2. The Morgan fingerprint density at radius 1 is 1.38 bits per heavy atom. The van der Waals surface area contributed by atoms with Crippen LogP contribution in [0.4, 0.5) is 0 Å². The van der Waals surface area contributed by atoms with Crippen molar-refractivity contribution in [1.82, 2.24) is 10.2 Å². The van der Waals surface area contributed by atoms with Crippen LogP contribution in [0.5, 0.6) is 0 Å². The van der Waals surface area contributed by atoms with E-state index in [9.17, 15) is 0 Å². The second kappa shape index (κ2) is 7.08. The molecule has 0 spiro atoms. The summed E-state index contributed by atoms with van der Waals surface area (Å²) in [6.45, 7) is 12.1. The lowest BCUT2D eigenvalue weighted by Crippen LogP contribution is -2.39. The van der Waals surface area contributed by atoms with Crippen molar-refractivity contribution in [3.05, 3.63) is 12.7 Å². The summed E-state index contributed by atoms with van der Waals surface area (Å²) in [6.07, 6.45) is 5.85. The van der Waals surface area contributed by atoms with Crippen LogP contribution in [-0.2, 0) is 0 Å². The van der Waals surface area contributed by atoms with E-state index in [0.717, 1.165) is 12.3 Å². The highest BCUT2D eigenvalue weighted by Crippen LogP contribution is 2.16. The summed E-state index contributed by atoms with van der Waals surface area (Å²) in [5.41, 5.74) is 0. The van der Waals surface area contributed by atoms with E-state index in [4.69, 9.17) is 0 Å². The van der Waals surface area contributed by atoms with Crippen molar-refractivity contribution in [1.29, 1.82) is 0 Å². The molecule has 1 N–H and O–H groups in total. The molecular weight excluding hydrogens is 196 g/mol. The molecule has 2 atom stereocenters.